The molecule has 124 valence electrons. The van der Waals surface area contributed by atoms with Gasteiger partial charge in [-0.1, -0.05) is 39.3 Å². The van der Waals surface area contributed by atoms with Gasteiger partial charge in [0.2, 0.25) is 0 Å². The van der Waals surface area contributed by atoms with Gasteiger partial charge in [-0.15, -0.1) is 0 Å². The van der Waals surface area contributed by atoms with Gasteiger partial charge < -0.3 is 9.84 Å². The maximum Gasteiger partial charge on any atom is 0.119 e. The van der Waals surface area contributed by atoms with Gasteiger partial charge in [0.25, 0.3) is 0 Å². The molecule has 3 heteroatoms. The molecule has 1 aliphatic rings. The second kappa shape index (κ2) is 7.47. The SMILES string of the molecule is C[C@@H]1CCCCN1C[C@H](O)COc1ccc(C(C)(C)C)cc1. The van der Waals surface area contributed by atoms with E-state index in [0.29, 0.717) is 19.2 Å². The molecule has 0 aliphatic carbocycles. The first-order valence-electron chi connectivity index (χ1n) is 8.52. The third-order valence-corrected chi connectivity index (χ3v) is 4.55. The molecule has 0 unspecified atom stereocenters. The number of rotatable bonds is 5. The minimum absolute atomic E-state index is 0.155. The van der Waals surface area contributed by atoms with Crippen molar-refractivity contribution in [1.29, 1.82) is 0 Å². The molecule has 1 aromatic rings. The van der Waals surface area contributed by atoms with Crippen LogP contribution in [0.3, 0.4) is 0 Å². The Morgan fingerprint density at radius 1 is 1.23 bits per heavy atom. The predicted octanol–water partition coefficient (Wildman–Crippen LogP) is 3.60. The highest BCUT2D eigenvalue weighted by Crippen LogP contribution is 2.24. The number of aliphatic hydroxyl groups excluding tert-OH is 1. The molecule has 1 saturated heterocycles. The van der Waals surface area contributed by atoms with E-state index >= 15 is 0 Å². The maximum atomic E-state index is 10.2. The van der Waals surface area contributed by atoms with Crippen LogP contribution in [0.4, 0.5) is 0 Å². The molecule has 0 aromatic heterocycles. The molecule has 2 atom stereocenters. The van der Waals surface area contributed by atoms with E-state index in [1.165, 1.54) is 24.8 Å². The minimum Gasteiger partial charge on any atom is -0.491 e. The fraction of sp³-hybridized carbons (Fsp3) is 0.684. The van der Waals surface area contributed by atoms with Gasteiger partial charge in [-0.25, -0.2) is 0 Å². The normalized spacial score (nSPS) is 21.6. The average molecular weight is 305 g/mol. The Labute approximate surface area is 135 Å². The monoisotopic (exact) mass is 305 g/mol. The standard InChI is InChI=1S/C19H31NO2/c1-15-7-5-6-12-20(15)13-17(21)14-22-18-10-8-16(9-11-18)19(2,3)4/h8-11,15,17,21H,5-7,12-14H2,1-4H3/t15-,17+/m1/s1. The van der Waals surface area contributed by atoms with Crippen molar-refractivity contribution in [1.82, 2.24) is 4.90 Å². The number of likely N-dealkylation sites (tertiary alicyclic amines) is 1. The quantitative estimate of drug-likeness (QED) is 0.902. The molecule has 1 fully saturated rings. The number of nitrogens with zero attached hydrogens (tertiary/aromatic N) is 1. The lowest BCUT2D eigenvalue weighted by atomic mass is 9.87. The van der Waals surface area contributed by atoms with Crippen LogP contribution in [0.25, 0.3) is 0 Å². The van der Waals surface area contributed by atoms with Gasteiger partial charge in [0.1, 0.15) is 18.5 Å². The Kier molecular flexibility index (Phi) is 5.87. The summed E-state index contributed by atoms with van der Waals surface area (Å²) in [4.78, 5) is 2.38. The van der Waals surface area contributed by atoms with Crippen LogP contribution in [0.5, 0.6) is 5.75 Å². The topological polar surface area (TPSA) is 32.7 Å². The summed E-state index contributed by atoms with van der Waals surface area (Å²) in [6.07, 6.45) is 3.36. The Balaban J connectivity index is 1.79. The molecule has 1 N–H and O–H groups in total. The number of aliphatic hydroxyl groups is 1. The van der Waals surface area contributed by atoms with Crippen LogP contribution in [0.1, 0.15) is 52.5 Å². The van der Waals surface area contributed by atoms with Gasteiger partial charge in [0, 0.05) is 12.6 Å². The summed E-state index contributed by atoms with van der Waals surface area (Å²) in [6.45, 7) is 11.0. The van der Waals surface area contributed by atoms with Crippen molar-refractivity contribution >= 4 is 0 Å². The molecule has 0 radical (unpaired) electrons. The lowest BCUT2D eigenvalue weighted by Gasteiger charge is -2.34. The molecule has 2 rings (SSSR count). The number of β-amino-alcohol motifs (C(OH)–C–C–N with tert-alkyl or cyclic N) is 1. The van der Waals surface area contributed by atoms with Crippen molar-refractivity contribution in [2.45, 2.75) is 64.5 Å². The van der Waals surface area contributed by atoms with E-state index in [4.69, 9.17) is 4.74 Å². The van der Waals surface area contributed by atoms with Gasteiger partial charge in [0.15, 0.2) is 0 Å². The molecular weight excluding hydrogens is 274 g/mol. The molecule has 0 amide bonds. The molecule has 3 nitrogen and oxygen atoms in total. The van der Waals surface area contributed by atoms with E-state index in [1.807, 2.05) is 12.1 Å². The Bertz CT molecular complexity index is 449. The Hall–Kier alpha value is -1.06. The van der Waals surface area contributed by atoms with Crippen LogP contribution in [-0.2, 0) is 5.41 Å². The lowest BCUT2D eigenvalue weighted by molar-refractivity contribution is 0.0438. The Morgan fingerprint density at radius 2 is 1.91 bits per heavy atom. The molecular formula is C19H31NO2. The van der Waals surface area contributed by atoms with Crippen LogP contribution in [0.15, 0.2) is 24.3 Å². The van der Waals surface area contributed by atoms with E-state index in [0.717, 1.165) is 12.3 Å². The van der Waals surface area contributed by atoms with Crippen molar-refractivity contribution in [3.63, 3.8) is 0 Å². The van der Waals surface area contributed by atoms with Crippen LogP contribution >= 0.6 is 0 Å². The highest BCUT2D eigenvalue weighted by molar-refractivity contribution is 5.31. The first-order valence-corrected chi connectivity index (χ1v) is 8.52. The Morgan fingerprint density at radius 3 is 2.50 bits per heavy atom. The van der Waals surface area contributed by atoms with Crippen molar-refractivity contribution in [2.24, 2.45) is 0 Å². The van der Waals surface area contributed by atoms with Crippen LogP contribution in [0.2, 0.25) is 0 Å². The molecule has 22 heavy (non-hydrogen) atoms. The highest BCUT2D eigenvalue weighted by Gasteiger charge is 2.21. The van der Waals surface area contributed by atoms with Crippen LogP contribution < -0.4 is 4.74 Å². The van der Waals surface area contributed by atoms with Crippen molar-refractivity contribution in [3.05, 3.63) is 29.8 Å². The van der Waals surface area contributed by atoms with E-state index in [9.17, 15) is 5.11 Å². The highest BCUT2D eigenvalue weighted by atomic mass is 16.5. The van der Waals surface area contributed by atoms with E-state index < -0.39 is 6.10 Å². The number of hydrogen-bond acceptors (Lipinski definition) is 3. The zero-order valence-electron chi connectivity index (χ0n) is 14.5. The molecule has 1 aliphatic heterocycles. The molecule has 0 saturated carbocycles. The molecule has 0 spiro atoms. The van der Waals surface area contributed by atoms with E-state index in [2.05, 4.69) is 44.7 Å². The lowest BCUT2D eigenvalue weighted by Crippen LogP contribution is -2.43. The predicted molar refractivity (Wildman–Crippen MR) is 91.5 cm³/mol. The minimum atomic E-state index is -0.428. The number of piperidine rings is 1. The molecule has 1 heterocycles. The molecule has 0 bridgehead atoms. The van der Waals surface area contributed by atoms with Crippen molar-refractivity contribution in [2.75, 3.05) is 19.7 Å². The van der Waals surface area contributed by atoms with Gasteiger partial charge in [-0.2, -0.15) is 0 Å². The van der Waals surface area contributed by atoms with E-state index in [-0.39, 0.29) is 5.41 Å². The van der Waals surface area contributed by atoms with Crippen LogP contribution in [-0.4, -0.2) is 41.8 Å². The van der Waals surface area contributed by atoms with Crippen LogP contribution in [0, 0.1) is 0 Å². The first-order chi connectivity index (χ1) is 10.4. The van der Waals surface area contributed by atoms with Gasteiger partial charge in [-0.05, 0) is 49.4 Å². The fourth-order valence-electron chi connectivity index (χ4n) is 3.00. The van der Waals surface area contributed by atoms with Gasteiger partial charge >= 0.3 is 0 Å². The summed E-state index contributed by atoms with van der Waals surface area (Å²) >= 11 is 0. The second-order valence-electron chi connectivity index (χ2n) is 7.58. The summed E-state index contributed by atoms with van der Waals surface area (Å²) < 4.78 is 5.74. The van der Waals surface area contributed by atoms with Gasteiger partial charge in [-0.3, -0.25) is 4.90 Å². The number of ether oxygens (including phenoxy) is 1. The third-order valence-electron chi connectivity index (χ3n) is 4.55. The smallest absolute Gasteiger partial charge is 0.119 e. The zero-order valence-corrected chi connectivity index (χ0v) is 14.5. The van der Waals surface area contributed by atoms with Crippen molar-refractivity contribution in [3.8, 4) is 5.75 Å². The summed E-state index contributed by atoms with van der Waals surface area (Å²) in [6, 6.07) is 8.78. The largest absolute Gasteiger partial charge is 0.491 e. The summed E-state index contributed by atoms with van der Waals surface area (Å²) in [7, 11) is 0. The molecule has 1 aromatic carbocycles. The number of benzene rings is 1. The maximum absolute atomic E-state index is 10.2. The summed E-state index contributed by atoms with van der Waals surface area (Å²) in [5.41, 5.74) is 1.45. The second-order valence-corrected chi connectivity index (χ2v) is 7.58. The number of hydrogen-bond donors (Lipinski definition) is 1. The average Bonchev–Trinajstić information content (AvgIpc) is 2.47. The van der Waals surface area contributed by atoms with Gasteiger partial charge in [0.05, 0.1) is 0 Å². The summed E-state index contributed by atoms with van der Waals surface area (Å²) in [5, 5.41) is 10.2. The van der Waals surface area contributed by atoms with Crippen molar-refractivity contribution < 1.29 is 9.84 Å². The summed E-state index contributed by atoms with van der Waals surface area (Å²) in [5.74, 6) is 0.832. The zero-order chi connectivity index (χ0) is 16.2. The third kappa shape index (κ3) is 4.99. The van der Waals surface area contributed by atoms with E-state index in [1.54, 1.807) is 0 Å². The first kappa shape index (κ1) is 17.3. The fourth-order valence-corrected chi connectivity index (χ4v) is 3.00.